The summed E-state index contributed by atoms with van der Waals surface area (Å²) in [5, 5.41) is 12.0. The van der Waals surface area contributed by atoms with Crippen LogP contribution in [0, 0.1) is 6.92 Å². The quantitative estimate of drug-likeness (QED) is 0.574. The third-order valence-corrected chi connectivity index (χ3v) is 2.14. The minimum absolute atomic E-state index is 0.321. The number of benzene rings is 1. The highest BCUT2D eigenvalue weighted by Gasteiger charge is 2.04. The van der Waals surface area contributed by atoms with E-state index in [1.54, 1.807) is 18.2 Å². The van der Waals surface area contributed by atoms with Gasteiger partial charge in [-0.3, -0.25) is 0 Å². The molecule has 0 bridgehead atoms. The van der Waals surface area contributed by atoms with Crippen LogP contribution >= 0.6 is 0 Å². The van der Waals surface area contributed by atoms with E-state index in [0.717, 1.165) is 24.2 Å². The molecule has 0 amide bonds. The maximum absolute atomic E-state index is 10.7. The molecule has 2 N–H and O–H groups in total. The summed E-state index contributed by atoms with van der Waals surface area (Å²) in [4.78, 5) is 10.7. The van der Waals surface area contributed by atoms with Gasteiger partial charge in [-0.1, -0.05) is 6.08 Å². The van der Waals surface area contributed by atoms with Gasteiger partial charge >= 0.3 is 5.97 Å². The SMILES string of the molecule is C=CCCNc1ccc(C(=O)O)cc1C. The van der Waals surface area contributed by atoms with Crippen molar-refractivity contribution in [2.24, 2.45) is 0 Å². The first-order valence-electron chi connectivity index (χ1n) is 4.84. The van der Waals surface area contributed by atoms with Gasteiger partial charge in [0.15, 0.2) is 0 Å². The highest BCUT2D eigenvalue weighted by atomic mass is 16.4. The minimum atomic E-state index is -0.893. The van der Waals surface area contributed by atoms with Gasteiger partial charge in [0.05, 0.1) is 5.56 Å². The molecule has 0 aliphatic carbocycles. The molecule has 0 atom stereocenters. The molecule has 3 heteroatoms. The van der Waals surface area contributed by atoms with Crippen molar-refractivity contribution in [3.63, 3.8) is 0 Å². The van der Waals surface area contributed by atoms with Crippen LogP contribution in [0.1, 0.15) is 22.3 Å². The van der Waals surface area contributed by atoms with Crippen molar-refractivity contribution in [2.45, 2.75) is 13.3 Å². The number of carbonyl (C=O) groups is 1. The van der Waals surface area contributed by atoms with Crippen LogP contribution in [0.3, 0.4) is 0 Å². The van der Waals surface area contributed by atoms with E-state index in [1.165, 1.54) is 0 Å². The molecule has 1 aromatic rings. The Morgan fingerprint density at radius 1 is 1.60 bits per heavy atom. The largest absolute Gasteiger partial charge is 0.478 e. The van der Waals surface area contributed by atoms with E-state index in [4.69, 9.17) is 5.11 Å². The van der Waals surface area contributed by atoms with E-state index < -0.39 is 5.97 Å². The Morgan fingerprint density at radius 3 is 2.87 bits per heavy atom. The van der Waals surface area contributed by atoms with Crippen LogP contribution in [0.4, 0.5) is 5.69 Å². The average molecular weight is 205 g/mol. The molecule has 0 fully saturated rings. The summed E-state index contributed by atoms with van der Waals surface area (Å²) < 4.78 is 0. The van der Waals surface area contributed by atoms with Crippen molar-refractivity contribution in [1.82, 2.24) is 0 Å². The van der Waals surface area contributed by atoms with E-state index in [2.05, 4.69) is 11.9 Å². The first-order chi connectivity index (χ1) is 7.15. The molecule has 0 aliphatic rings. The molecular formula is C12H15NO2. The summed E-state index contributed by atoms with van der Waals surface area (Å²) >= 11 is 0. The Kier molecular flexibility index (Phi) is 3.92. The number of carboxylic acids is 1. The van der Waals surface area contributed by atoms with Gasteiger partial charge in [-0.15, -0.1) is 6.58 Å². The van der Waals surface area contributed by atoms with Crippen molar-refractivity contribution in [3.05, 3.63) is 42.0 Å². The standard InChI is InChI=1S/C12H15NO2/c1-3-4-7-13-11-6-5-10(12(14)15)8-9(11)2/h3,5-6,8,13H,1,4,7H2,2H3,(H,14,15). The van der Waals surface area contributed by atoms with Gasteiger partial charge in [0.2, 0.25) is 0 Å². The number of nitrogens with one attached hydrogen (secondary N) is 1. The summed E-state index contributed by atoms with van der Waals surface area (Å²) in [5.41, 5.74) is 2.24. The number of anilines is 1. The van der Waals surface area contributed by atoms with E-state index in [-0.39, 0.29) is 0 Å². The van der Waals surface area contributed by atoms with Crippen LogP contribution in [0.15, 0.2) is 30.9 Å². The van der Waals surface area contributed by atoms with E-state index >= 15 is 0 Å². The molecule has 0 spiro atoms. The summed E-state index contributed by atoms with van der Waals surface area (Å²) in [5.74, 6) is -0.893. The Bertz CT molecular complexity index is 372. The molecule has 15 heavy (non-hydrogen) atoms. The normalized spacial score (nSPS) is 9.67. The van der Waals surface area contributed by atoms with Crippen molar-refractivity contribution in [1.29, 1.82) is 0 Å². The van der Waals surface area contributed by atoms with Gasteiger partial charge in [-0.05, 0) is 37.1 Å². The highest BCUT2D eigenvalue weighted by molar-refractivity contribution is 5.88. The maximum atomic E-state index is 10.7. The van der Waals surface area contributed by atoms with Gasteiger partial charge < -0.3 is 10.4 Å². The van der Waals surface area contributed by atoms with Crippen LogP contribution in [-0.2, 0) is 0 Å². The molecule has 1 aromatic carbocycles. The average Bonchev–Trinajstić information content (AvgIpc) is 2.20. The lowest BCUT2D eigenvalue weighted by Crippen LogP contribution is -2.03. The molecule has 0 heterocycles. The summed E-state index contributed by atoms with van der Waals surface area (Å²) in [6.07, 6.45) is 2.73. The molecule has 0 aromatic heterocycles. The zero-order valence-electron chi connectivity index (χ0n) is 8.79. The first kappa shape index (κ1) is 11.3. The van der Waals surface area contributed by atoms with Crippen LogP contribution in [-0.4, -0.2) is 17.6 Å². The number of aryl methyl sites for hydroxylation is 1. The monoisotopic (exact) mass is 205 g/mol. The van der Waals surface area contributed by atoms with Crippen molar-refractivity contribution in [2.75, 3.05) is 11.9 Å². The van der Waals surface area contributed by atoms with E-state index in [0.29, 0.717) is 5.56 Å². The third kappa shape index (κ3) is 3.13. The molecule has 0 aliphatic heterocycles. The van der Waals surface area contributed by atoms with Crippen molar-refractivity contribution >= 4 is 11.7 Å². The van der Waals surface area contributed by atoms with Crippen LogP contribution in [0.25, 0.3) is 0 Å². The topological polar surface area (TPSA) is 49.3 Å². The Hall–Kier alpha value is -1.77. The second kappa shape index (κ2) is 5.20. The van der Waals surface area contributed by atoms with Gasteiger partial charge in [0.1, 0.15) is 0 Å². The number of hydrogen-bond donors (Lipinski definition) is 2. The smallest absolute Gasteiger partial charge is 0.335 e. The van der Waals surface area contributed by atoms with Crippen LogP contribution in [0.5, 0.6) is 0 Å². The molecule has 1 rings (SSSR count). The van der Waals surface area contributed by atoms with Crippen LogP contribution < -0.4 is 5.32 Å². The Labute approximate surface area is 89.4 Å². The molecule has 0 saturated heterocycles. The van der Waals surface area contributed by atoms with E-state index in [9.17, 15) is 4.79 Å². The molecule has 0 radical (unpaired) electrons. The molecule has 3 nitrogen and oxygen atoms in total. The van der Waals surface area contributed by atoms with E-state index in [1.807, 2.05) is 13.0 Å². The fourth-order valence-corrected chi connectivity index (χ4v) is 1.30. The number of carboxylic acid groups (broad SMARTS) is 1. The number of rotatable bonds is 5. The number of hydrogen-bond acceptors (Lipinski definition) is 2. The second-order valence-corrected chi connectivity index (χ2v) is 3.34. The molecule has 80 valence electrons. The number of aromatic carboxylic acids is 1. The highest BCUT2D eigenvalue weighted by Crippen LogP contribution is 2.16. The fourth-order valence-electron chi connectivity index (χ4n) is 1.30. The van der Waals surface area contributed by atoms with Crippen LogP contribution in [0.2, 0.25) is 0 Å². The maximum Gasteiger partial charge on any atom is 0.335 e. The minimum Gasteiger partial charge on any atom is -0.478 e. The zero-order valence-corrected chi connectivity index (χ0v) is 8.79. The lowest BCUT2D eigenvalue weighted by atomic mass is 10.1. The lowest BCUT2D eigenvalue weighted by molar-refractivity contribution is 0.0697. The predicted molar refractivity (Wildman–Crippen MR) is 61.4 cm³/mol. The zero-order chi connectivity index (χ0) is 11.3. The lowest BCUT2D eigenvalue weighted by Gasteiger charge is -2.08. The molecule has 0 unspecified atom stereocenters. The van der Waals surface area contributed by atoms with Gasteiger partial charge in [0, 0.05) is 12.2 Å². The summed E-state index contributed by atoms with van der Waals surface area (Å²) in [6.45, 7) is 6.34. The molecular weight excluding hydrogens is 190 g/mol. The summed E-state index contributed by atoms with van der Waals surface area (Å²) in [6, 6.07) is 5.06. The Balaban J connectivity index is 2.74. The molecule has 0 saturated carbocycles. The third-order valence-electron chi connectivity index (χ3n) is 2.14. The fraction of sp³-hybridized carbons (Fsp3) is 0.250. The second-order valence-electron chi connectivity index (χ2n) is 3.34. The van der Waals surface area contributed by atoms with Crippen molar-refractivity contribution < 1.29 is 9.90 Å². The first-order valence-corrected chi connectivity index (χ1v) is 4.84. The predicted octanol–water partition coefficient (Wildman–Crippen LogP) is 2.68. The van der Waals surface area contributed by atoms with Gasteiger partial charge in [-0.2, -0.15) is 0 Å². The van der Waals surface area contributed by atoms with Crippen molar-refractivity contribution in [3.8, 4) is 0 Å². The van der Waals surface area contributed by atoms with Gasteiger partial charge in [-0.25, -0.2) is 4.79 Å². The van der Waals surface area contributed by atoms with Gasteiger partial charge in [0.25, 0.3) is 0 Å². The Morgan fingerprint density at radius 2 is 2.33 bits per heavy atom. The summed E-state index contributed by atoms with van der Waals surface area (Å²) in [7, 11) is 0.